The largest absolute Gasteiger partial charge is 0.424 e. The molecule has 1 N–H and O–H groups in total. The van der Waals surface area contributed by atoms with Crippen molar-refractivity contribution >= 4 is 11.6 Å². The van der Waals surface area contributed by atoms with E-state index in [4.69, 9.17) is 4.74 Å². The van der Waals surface area contributed by atoms with Crippen molar-refractivity contribution in [2.75, 3.05) is 5.32 Å². The Morgan fingerprint density at radius 1 is 1.04 bits per heavy atom. The first kappa shape index (κ1) is 14.6. The first-order chi connectivity index (χ1) is 11.2. The molecule has 7 heteroatoms. The van der Waals surface area contributed by atoms with Crippen LogP contribution in [0.15, 0.2) is 61.2 Å². The number of carbonyl (C=O) groups excluding carboxylic acids is 1. The number of amides is 1. The number of rotatable bonds is 4. The number of benzene rings is 1. The van der Waals surface area contributed by atoms with E-state index in [1.54, 1.807) is 12.1 Å². The van der Waals surface area contributed by atoms with Crippen LogP contribution < -0.4 is 10.1 Å². The van der Waals surface area contributed by atoms with E-state index in [0.29, 0.717) is 11.4 Å². The Balaban J connectivity index is 1.68. The molecule has 0 spiro atoms. The van der Waals surface area contributed by atoms with Gasteiger partial charge in [0.15, 0.2) is 5.82 Å². The summed E-state index contributed by atoms with van der Waals surface area (Å²) in [6.07, 6.45) is 5.07. The van der Waals surface area contributed by atoms with Gasteiger partial charge in [-0.15, -0.1) is 0 Å². The molecule has 3 aromatic rings. The Labute approximate surface area is 131 Å². The molecule has 0 bridgehead atoms. The minimum absolute atomic E-state index is 0.107. The first-order valence-electron chi connectivity index (χ1n) is 6.68. The Bertz CT molecular complexity index is 810. The maximum Gasteiger partial charge on any atom is 0.322 e. The van der Waals surface area contributed by atoms with Crippen LogP contribution in [-0.4, -0.2) is 20.9 Å². The van der Waals surface area contributed by atoms with Gasteiger partial charge in [-0.05, 0) is 18.2 Å². The molecule has 114 valence electrons. The molecule has 0 aliphatic rings. The average Bonchev–Trinajstić information content (AvgIpc) is 2.58. The summed E-state index contributed by atoms with van der Waals surface area (Å²) in [5, 5.41) is 2.50. The molecule has 0 fully saturated rings. The van der Waals surface area contributed by atoms with Crippen LogP contribution in [0.3, 0.4) is 0 Å². The summed E-state index contributed by atoms with van der Waals surface area (Å²) in [7, 11) is 0. The highest BCUT2D eigenvalue weighted by molar-refractivity contribution is 6.04. The lowest BCUT2D eigenvalue weighted by Gasteiger charge is -2.06. The quantitative estimate of drug-likeness (QED) is 0.801. The summed E-state index contributed by atoms with van der Waals surface area (Å²) in [6, 6.07) is 10.5. The third-order valence-electron chi connectivity index (χ3n) is 2.86. The predicted molar refractivity (Wildman–Crippen MR) is 80.7 cm³/mol. The minimum atomic E-state index is -0.699. The zero-order chi connectivity index (χ0) is 16.1. The van der Waals surface area contributed by atoms with Gasteiger partial charge in [0.2, 0.25) is 0 Å². The van der Waals surface area contributed by atoms with Crippen LogP contribution in [0.25, 0.3) is 0 Å². The monoisotopic (exact) mass is 310 g/mol. The number of nitrogens with one attached hydrogen (secondary N) is 1. The Hall–Kier alpha value is -3.35. The van der Waals surface area contributed by atoms with Crippen LogP contribution in [0.4, 0.5) is 10.1 Å². The Kier molecular flexibility index (Phi) is 4.19. The molecule has 6 nitrogen and oxygen atoms in total. The van der Waals surface area contributed by atoms with Gasteiger partial charge >= 0.3 is 6.01 Å². The third-order valence-corrected chi connectivity index (χ3v) is 2.86. The van der Waals surface area contributed by atoms with E-state index in [0.717, 1.165) is 6.20 Å². The molecule has 0 atom stereocenters. The predicted octanol–water partition coefficient (Wildman–Crippen LogP) is 3.06. The zero-order valence-corrected chi connectivity index (χ0v) is 11.8. The topological polar surface area (TPSA) is 77.0 Å². The van der Waals surface area contributed by atoms with Crippen LogP contribution in [-0.2, 0) is 0 Å². The van der Waals surface area contributed by atoms with Gasteiger partial charge in [0.1, 0.15) is 5.75 Å². The van der Waals surface area contributed by atoms with Crippen molar-refractivity contribution in [2.24, 2.45) is 0 Å². The summed E-state index contributed by atoms with van der Waals surface area (Å²) in [5.74, 6) is -0.705. The molecule has 0 aliphatic carbocycles. The van der Waals surface area contributed by atoms with Crippen molar-refractivity contribution in [1.82, 2.24) is 15.0 Å². The minimum Gasteiger partial charge on any atom is -0.424 e. The molecular formula is C16H11FN4O2. The van der Waals surface area contributed by atoms with Gasteiger partial charge in [0.05, 0.1) is 29.8 Å². The summed E-state index contributed by atoms with van der Waals surface area (Å²) < 4.78 is 18.9. The van der Waals surface area contributed by atoms with Crippen LogP contribution >= 0.6 is 0 Å². The number of aromatic nitrogens is 3. The fourth-order valence-electron chi connectivity index (χ4n) is 1.79. The molecule has 23 heavy (non-hydrogen) atoms. The van der Waals surface area contributed by atoms with Crippen LogP contribution in [0.1, 0.15) is 10.4 Å². The number of para-hydroxylation sites is 1. The van der Waals surface area contributed by atoms with Gasteiger partial charge < -0.3 is 10.1 Å². The molecule has 0 aliphatic heterocycles. The molecule has 2 aromatic heterocycles. The number of halogens is 1. The number of pyridine rings is 1. The number of hydrogen-bond donors (Lipinski definition) is 1. The van der Waals surface area contributed by atoms with Crippen molar-refractivity contribution in [1.29, 1.82) is 0 Å². The number of anilines is 1. The summed E-state index contributed by atoms with van der Waals surface area (Å²) >= 11 is 0. The summed E-state index contributed by atoms with van der Waals surface area (Å²) in [4.78, 5) is 23.5. The molecule has 2 heterocycles. The van der Waals surface area contributed by atoms with Crippen molar-refractivity contribution < 1.29 is 13.9 Å². The molecule has 0 saturated heterocycles. The smallest absolute Gasteiger partial charge is 0.322 e. The average molecular weight is 310 g/mol. The lowest BCUT2D eigenvalue weighted by Crippen LogP contribution is -2.14. The highest BCUT2D eigenvalue weighted by atomic mass is 19.1. The number of carbonyl (C=O) groups is 1. The lowest BCUT2D eigenvalue weighted by molar-refractivity contribution is 0.102. The van der Waals surface area contributed by atoms with Crippen LogP contribution in [0.2, 0.25) is 0 Å². The molecular weight excluding hydrogens is 299 g/mol. The van der Waals surface area contributed by atoms with Crippen LogP contribution in [0.5, 0.6) is 11.8 Å². The first-order valence-corrected chi connectivity index (χ1v) is 6.68. The fraction of sp³-hybridized carbons (Fsp3) is 0. The zero-order valence-electron chi connectivity index (χ0n) is 11.8. The molecule has 3 rings (SSSR count). The van der Waals surface area contributed by atoms with E-state index in [1.165, 1.54) is 24.7 Å². The summed E-state index contributed by atoms with van der Waals surface area (Å²) in [6.45, 7) is 0. The van der Waals surface area contributed by atoms with Gasteiger partial charge in [-0.25, -0.2) is 14.4 Å². The Morgan fingerprint density at radius 2 is 1.78 bits per heavy atom. The van der Waals surface area contributed by atoms with Gasteiger partial charge in [-0.1, -0.05) is 18.2 Å². The number of ether oxygens (including phenoxy) is 1. The molecule has 0 unspecified atom stereocenters. The van der Waals surface area contributed by atoms with E-state index >= 15 is 0 Å². The van der Waals surface area contributed by atoms with Crippen molar-refractivity contribution in [3.63, 3.8) is 0 Å². The Morgan fingerprint density at radius 3 is 2.48 bits per heavy atom. The second kappa shape index (κ2) is 6.61. The standard InChI is InChI=1S/C16H11FN4O2/c17-14-10-18-7-6-13(14)15(22)21-11-8-19-16(20-9-11)23-12-4-2-1-3-5-12/h1-10H,(H,21,22). The molecule has 1 amide bonds. The van der Waals surface area contributed by atoms with E-state index < -0.39 is 11.7 Å². The normalized spacial score (nSPS) is 10.1. The maximum atomic E-state index is 13.5. The van der Waals surface area contributed by atoms with E-state index in [2.05, 4.69) is 20.3 Å². The van der Waals surface area contributed by atoms with Gasteiger partial charge in [-0.3, -0.25) is 9.78 Å². The van der Waals surface area contributed by atoms with Crippen molar-refractivity contribution in [2.45, 2.75) is 0 Å². The fourth-order valence-corrected chi connectivity index (χ4v) is 1.79. The maximum absolute atomic E-state index is 13.5. The van der Waals surface area contributed by atoms with E-state index in [-0.39, 0.29) is 11.6 Å². The summed E-state index contributed by atoms with van der Waals surface area (Å²) in [5.41, 5.74) is 0.219. The molecule has 0 radical (unpaired) electrons. The number of nitrogens with zero attached hydrogens (tertiary/aromatic N) is 3. The molecule has 1 aromatic carbocycles. The highest BCUT2D eigenvalue weighted by Gasteiger charge is 2.12. The van der Waals surface area contributed by atoms with E-state index in [1.807, 2.05) is 18.2 Å². The van der Waals surface area contributed by atoms with E-state index in [9.17, 15) is 9.18 Å². The molecule has 0 saturated carbocycles. The van der Waals surface area contributed by atoms with Gasteiger partial charge in [0.25, 0.3) is 5.91 Å². The highest BCUT2D eigenvalue weighted by Crippen LogP contribution is 2.17. The third kappa shape index (κ3) is 3.65. The van der Waals surface area contributed by atoms with Crippen LogP contribution in [0, 0.1) is 5.82 Å². The van der Waals surface area contributed by atoms with Crippen molar-refractivity contribution in [3.05, 3.63) is 72.6 Å². The SMILES string of the molecule is O=C(Nc1cnc(Oc2ccccc2)nc1)c1ccncc1F. The van der Waals surface area contributed by atoms with Gasteiger partial charge in [-0.2, -0.15) is 0 Å². The van der Waals surface area contributed by atoms with Gasteiger partial charge in [0, 0.05) is 6.20 Å². The second-order valence-corrected chi connectivity index (χ2v) is 4.48. The van der Waals surface area contributed by atoms with Crippen molar-refractivity contribution in [3.8, 4) is 11.8 Å². The number of hydrogen-bond acceptors (Lipinski definition) is 5. The second-order valence-electron chi connectivity index (χ2n) is 4.48. The lowest BCUT2D eigenvalue weighted by atomic mass is 10.2.